The van der Waals surface area contributed by atoms with Crippen molar-refractivity contribution in [3.63, 3.8) is 0 Å². The molecule has 16 heavy (non-hydrogen) atoms. The number of amides is 1. The lowest BCUT2D eigenvalue weighted by atomic mass is 10.1. The van der Waals surface area contributed by atoms with Gasteiger partial charge in [-0.05, 0) is 18.1 Å². The van der Waals surface area contributed by atoms with Crippen molar-refractivity contribution >= 4 is 18.5 Å². The number of carbonyl (C=O) groups is 1. The van der Waals surface area contributed by atoms with Crippen LogP contribution in [0, 0.1) is 5.92 Å². The van der Waals surface area contributed by atoms with Gasteiger partial charge in [0.15, 0.2) is 0 Å². The monoisotopic (exact) mass is 237 g/mol. The summed E-state index contributed by atoms with van der Waals surface area (Å²) in [6.45, 7) is 5.07. The van der Waals surface area contributed by atoms with Gasteiger partial charge in [-0.2, -0.15) is 0 Å². The van der Waals surface area contributed by atoms with Crippen LogP contribution in [0.3, 0.4) is 0 Å². The van der Waals surface area contributed by atoms with Crippen LogP contribution in [0.4, 0.5) is 0 Å². The molecule has 0 heterocycles. The Kier molecular flexibility index (Phi) is 4.87. The maximum Gasteiger partial charge on any atom is 0.254 e. The number of benzene rings is 1. The second-order valence-corrected chi connectivity index (χ2v) is 4.70. The number of carbonyl (C=O) groups excluding carboxylic acids is 1. The molecule has 2 nitrogen and oxygen atoms in total. The van der Waals surface area contributed by atoms with E-state index >= 15 is 0 Å². The summed E-state index contributed by atoms with van der Waals surface area (Å²) >= 11 is 4.30. The molecule has 0 aromatic heterocycles. The van der Waals surface area contributed by atoms with Gasteiger partial charge < -0.3 is 4.90 Å². The topological polar surface area (TPSA) is 20.3 Å². The highest BCUT2D eigenvalue weighted by molar-refractivity contribution is 7.80. The number of rotatable bonds is 4. The molecule has 0 aliphatic rings. The number of hydrogen-bond acceptors (Lipinski definition) is 2. The second kappa shape index (κ2) is 5.94. The quantitative estimate of drug-likeness (QED) is 0.798. The first kappa shape index (κ1) is 13.1. The lowest BCUT2D eigenvalue weighted by Crippen LogP contribution is -2.31. The van der Waals surface area contributed by atoms with Crippen LogP contribution in [-0.2, 0) is 0 Å². The average Bonchev–Trinajstić information content (AvgIpc) is 2.28. The van der Waals surface area contributed by atoms with Gasteiger partial charge in [0.05, 0.1) is 5.56 Å². The van der Waals surface area contributed by atoms with Gasteiger partial charge in [-0.1, -0.05) is 32.4 Å². The molecule has 1 atom stereocenters. The van der Waals surface area contributed by atoms with Crippen molar-refractivity contribution in [1.29, 1.82) is 0 Å². The molecule has 88 valence electrons. The highest BCUT2D eigenvalue weighted by Crippen LogP contribution is 2.15. The standard InChI is InChI=1S/C13H19NOS/c1-4-10(2)9-14(3)13(15)11-7-5-6-8-12(11)16/h5-8,10,16H,4,9H2,1-3H3. The molecule has 0 bridgehead atoms. The fourth-order valence-corrected chi connectivity index (χ4v) is 1.80. The summed E-state index contributed by atoms with van der Waals surface area (Å²) in [5.74, 6) is 0.576. The third-order valence-electron chi connectivity index (χ3n) is 2.76. The minimum Gasteiger partial charge on any atom is -0.341 e. The summed E-state index contributed by atoms with van der Waals surface area (Å²) in [6, 6.07) is 7.41. The van der Waals surface area contributed by atoms with Crippen LogP contribution < -0.4 is 0 Å². The Morgan fingerprint density at radius 1 is 1.44 bits per heavy atom. The molecular weight excluding hydrogens is 218 g/mol. The van der Waals surface area contributed by atoms with E-state index in [9.17, 15) is 4.79 Å². The SMILES string of the molecule is CCC(C)CN(C)C(=O)c1ccccc1S. The van der Waals surface area contributed by atoms with Gasteiger partial charge in [-0.15, -0.1) is 12.6 Å². The molecule has 0 N–H and O–H groups in total. The van der Waals surface area contributed by atoms with E-state index in [-0.39, 0.29) is 5.91 Å². The van der Waals surface area contributed by atoms with Crippen LogP contribution in [0.25, 0.3) is 0 Å². The van der Waals surface area contributed by atoms with Crippen LogP contribution in [-0.4, -0.2) is 24.4 Å². The van der Waals surface area contributed by atoms with Crippen molar-refractivity contribution in [2.24, 2.45) is 5.92 Å². The molecule has 3 heteroatoms. The van der Waals surface area contributed by atoms with Crippen LogP contribution >= 0.6 is 12.6 Å². The average molecular weight is 237 g/mol. The van der Waals surface area contributed by atoms with E-state index < -0.39 is 0 Å². The minimum absolute atomic E-state index is 0.0471. The molecule has 1 amide bonds. The van der Waals surface area contributed by atoms with Crippen molar-refractivity contribution < 1.29 is 4.79 Å². The van der Waals surface area contributed by atoms with Crippen molar-refractivity contribution in [3.05, 3.63) is 29.8 Å². The zero-order valence-corrected chi connectivity index (χ0v) is 11.0. The predicted molar refractivity (Wildman–Crippen MR) is 70.1 cm³/mol. The molecule has 0 spiro atoms. The molecule has 0 aliphatic heterocycles. The summed E-state index contributed by atoms with van der Waals surface area (Å²) in [5, 5.41) is 0. The third-order valence-corrected chi connectivity index (χ3v) is 3.15. The molecule has 0 saturated heterocycles. The van der Waals surface area contributed by atoms with E-state index in [0.717, 1.165) is 17.9 Å². The molecule has 1 aromatic rings. The fourth-order valence-electron chi connectivity index (χ4n) is 1.54. The van der Waals surface area contributed by atoms with E-state index in [1.165, 1.54) is 0 Å². The van der Waals surface area contributed by atoms with Gasteiger partial charge in [-0.3, -0.25) is 4.79 Å². The third kappa shape index (κ3) is 3.27. The van der Waals surface area contributed by atoms with E-state index in [0.29, 0.717) is 11.5 Å². The van der Waals surface area contributed by atoms with Crippen molar-refractivity contribution in [2.75, 3.05) is 13.6 Å². The summed E-state index contributed by atoms with van der Waals surface area (Å²) in [5.41, 5.74) is 0.677. The maximum absolute atomic E-state index is 12.1. The van der Waals surface area contributed by atoms with Crippen molar-refractivity contribution in [3.8, 4) is 0 Å². The van der Waals surface area contributed by atoms with Crippen molar-refractivity contribution in [1.82, 2.24) is 4.90 Å². The molecule has 1 rings (SSSR count). The molecule has 1 unspecified atom stereocenters. The second-order valence-electron chi connectivity index (χ2n) is 4.22. The van der Waals surface area contributed by atoms with Gasteiger partial charge in [0.2, 0.25) is 0 Å². The molecule has 1 aromatic carbocycles. The number of hydrogen-bond donors (Lipinski definition) is 1. The van der Waals surface area contributed by atoms with Gasteiger partial charge in [0.1, 0.15) is 0 Å². The zero-order chi connectivity index (χ0) is 12.1. The van der Waals surface area contributed by atoms with Crippen LogP contribution in [0.2, 0.25) is 0 Å². The Labute approximate surface area is 103 Å². The molecule has 0 aliphatic carbocycles. The lowest BCUT2D eigenvalue weighted by molar-refractivity contribution is 0.0771. The van der Waals surface area contributed by atoms with Gasteiger partial charge in [0.25, 0.3) is 5.91 Å². The summed E-state index contributed by atoms with van der Waals surface area (Å²) in [6.07, 6.45) is 1.08. The van der Waals surface area contributed by atoms with Crippen LogP contribution in [0.15, 0.2) is 29.2 Å². The number of nitrogens with zero attached hydrogens (tertiary/aromatic N) is 1. The highest BCUT2D eigenvalue weighted by atomic mass is 32.1. The normalized spacial score (nSPS) is 12.2. The first-order chi connectivity index (χ1) is 7.56. The zero-order valence-electron chi connectivity index (χ0n) is 10.1. The minimum atomic E-state index is 0.0471. The van der Waals surface area contributed by atoms with Gasteiger partial charge in [-0.25, -0.2) is 0 Å². The van der Waals surface area contributed by atoms with Gasteiger partial charge in [0, 0.05) is 18.5 Å². The molecule has 0 fully saturated rings. The first-order valence-corrected chi connectivity index (χ1v) is 6.04. The Morgan fingerprint density at radius 2 is 2.06 bits per heavy atom. The molecule has 0 radical (unpaired) electrons. The van der Waals surface area contributed by atoms with E-state index in [2.05, 4.69) is 26.5 Å². The summed E-state index contributed by atoms with van der Waals surface area (Å²) in [4.78, 5) is 14.6. The van der Waals surface area contributed by atoms with E-state index in [4.69, 9.17) is 0 Å². The van der Waals surface area contributed by atoms with E-state index in [1.807, 2.05) is 31.3 Å². The van der Waals surface area contributed by atoms with Gasteiger partial charge >= 0.3 is 0 Å². The molecular formula is C13H19NOS. The predicted octanol–water partition coefficient (Wildman–Crippen LogP) is 3.09. The lowest BCUT2D eigenvalue weighted by Gasteiger charge is -2.21. The van der Waals surface area contributed by atoms with Crippen LogP contribution in [0.1, 0.15) is 30.6 Å². The summed E-state index contributed by atoms with van der Waals surface area (Å²) < 4.78 is 0. The smallest absolute Gasteiger partial charge is 0.254 e. The van der Waals surface area contributed by atoms with E-state index in [1.54, 1.807) is 4.90 Å². The summed E-state index contributed by atoms with van der Waals surface area (Å²) in [7, 11) is 1.84. The fraction of sp³-hybridized carbons (Fsp3) is 0.462. The van der Waals surface area contributed by atoms with Crippen molar-refractivity contribution in [2.45, 2.75) is 25.2 Å². The Hall–Kier alpha value is -0.960. The Bertz CT molecular complexity index is 365. The Morgan fingerprint density at radius 3 is 2.62 bits per heavy atom. The maximum atomic E-state index is 12.1. The first-order valence-electron chi connectivity index (χ1n) is 5.59. The van der Waals surface area contributed by atoms with Crippen LogP contribution in [0.5, 0.6) is 0 Å². The number of thiol groups is 1. The Balaban J connectivity index is 2.75. The highest BCUT2D eigenvalue weighted by Gasteiger charge is 2.15. The largest absolute Gasteiger partial charge is 0.341 e. The molecule has 0 saturated carbocycles.